The monoisotopic (exact) mass is 406 g/mol. The lowest BCUT2D eigenvalue weighted by atomic mass is 10.0. The van der Waals surface area contributed by atoms with Crippen LogP contribution in [-0.2, 0) is 0 Å². The quantitative estimate of drug-likeness (QED) is 0.458. The van der Waals surface area contributed by atoms with Crippen molar-refractivity contribution in [1.29, 1.82) is 0 Å². The molecule has 0 aliphatic rings. The number of aromatic nitrogens is 2. The second-order valence-electron chi connectivity index (χ2n) is 7.14. The highest BCUT2D eigenvalue weighted by atomic mass is 16.3. The number of nitrogens with one attached hydrogen (secondary N) is 2. The van der Waals surface area contributed by atoms with Gasteiger partial charge in [-0.1, -0.05) is 36.4 Å². The van der Waals surface area contributed by atoms with Crippen LogP contribution in [0.1, 0.15) is 34.5 Å². The molecule has 0 unspecified atom stereocenters. The molecule has 156 valence electrons. The fraction of sp³-hybridized carbons (Fsp3) is 0.261. The molecule has 0 aliphatic heterocycles. The van der Waals surface area contributed by atoms with Crippen molar-refractivity contribution in [3.8, 4) is 11.3 Å². The fourth-order valence-corrected chi connectivity index (χ4v) is 3.10. The molecular weight excluding hydrogens is 380 g/mol. The maximum absolute atomic E-state index is 12.7. The van der Waals surface area contributed by atoms with Crippen molar-refractivity contribution in [2.75, 3.05) is 18.5 Å². The third kappa shape index (κ3) is 5.20. The highest BCUT2D eigenvalue weighted by Gasteiger charge is 2.16. The Morgan fingerprint density at radius 3 is 2.50 bits per heavy atom. The van der Waals surface area contributed by atoms with Crippen LogP contribution in [0.25, 0.3) is 11.3 Å². The summed E-state index contributed by atoms with van der Waals surface area (Å²) in [7, 11) is 0. The lowest BCUT2D eigenvalue weighted by Gasteiger charge is -2.17. The Hall–Kier alpha value is -3.29. The van der Waals surface area contributed by atoms with Crippen LogP contribution in [0.4, 0.5) is 5.95 Å². The van der Waals surface area contributed by atoms with E-state index in [2.05, 4.69) is 20.6 Å². The number of aliphatic hydroxyl groups excluding tert-OH is 2. The van der Waals surface area contributed by atoms with Crippen molar-refractivity contribution in [2.24, 2.45) is 0 Å². The van der Waals surface area contributed by atoms with Crippen LogP contribution in [-0.4, -0.2) is 45.3 Å². The van der Waals surface area contributed by atoms with Crippen molar-refractivity contribution in [3.05, 3.63) is 77.5 Å². The Bertz CT molecular complexity index is 995. The zero-order chi connectivity index (χ0) is 21.5. The van der Waals surface area contributed by atoms with E-state index < -0.39 is 6.04 Å². The lowest BCUT2D eigenvalue weighted by Crippen LogP contribution is -2.30. The van der Waals surface area contributed by atoms with Crippen LogP contribution in [0.3, 0.4) is 0 Å². The predicted octanol–water partition coefficient (Wildman–Crippen LogP) is 2.71. The Labute approximate surface area is 175 Å². The Morgan fingerprint density at radius 1 is 1.07 bits per heavy atom. The van der Waals surface area contributed by atoms with Crippen molar-refractivity contribution < 1.29 is 15.0 Å². The molecule has 2 atom stereocenters. The number of aliphatic hydroxyl groups is 2. The molecule has 3 rings (SSSR count). The number of anilines is 1. The highest BCUT2D eigenvalue weighted by molar-refractivity contribution is 5.95. The van der Waals surface area contributed by atoms with Crippen LogP contribution in [0, 0.1) is 6.92 Å². The summed E-state index contributed by atoms with van der Waals surface area (Å²) in [4.78, 5) is 21.4. The first-order valence-electron chi connectivity index (χ1n) is 9.80. The molecule has 30 heavy (non-hydrogen) atoms. The summed E-state index contributed by atoms with van der Waals surface area (Å²) in [5.41, 5.74) is 3.85. The number of hydrogen-bond donors (Lipinski definition) is 4. The first-order valence-corrected chi connectivity index (χ1v) is 9.80. The molecule has 3 aromatic rings. The van der Waals surface area contributed by atoms with Gasteiger partial charge in [0.25, 0.3) is 5.91 Å². The second kappa shape index (κ2) is 9.96. The highest BCUT2D eigenvalue weighted by Crippen LogP contribution is 2.24. The number of carbonyl (C=O) groups is 1. The van der Waals surface area contributed by atoms with Gasteiger partial charge in [0.05, 0.1) is 24.9 Å². The number of aryl methyl sites for hydroxylation is 1. The van der Waals surface area contributed by atoms with Crippen LogP contribution in [0.5, 0.6) is 0 Å². The van der Waals surface area contributed by atoms with Gasteiger partial charge in [-0.15, -0.1) is 0 Å². The van der Waals surface area contributed by atoms with Crippen molar-refractivity contribution >= 4 is 11.9 Å². The van der Waals surface area contributed by atoms with E-state index in [-0.39, 0.29) is 25.2 Å². The molecule has 1 aromatic heterocycles. The minimum Gasteiger partial charge on any atom is -0.394 e. The first kappa shape index (κ1) is 21.4. The zero-order valence-corrected chi connectivity index (χ0v) is 17.0. The van der Waals surface area contributed by atoms with E-state index in [0.29, 0.717) is 11.5 Å². The lowest BCUT2D eigenvalue weighted by molar-refractivity contribution is 0.0916. The Kier molecular flexibility index (Phi) is 7.11. The molecule has 0 radical (unpaired) electrons. The Balaban J connectivity index is 1.78. The summed E-state index contributed by atoms with van der Waals surface area (Å²) in [6.45, 7) is 3.55. The molecule has 0 aliphatic carbocycles. The van der Waals surface area contributed by atoms with Gasteiger partial charge in [0.2, 0.25) is 5.95 Å². The van der Waals surface area contributed by atoms with Gasteiger partial charge >= 0.3 is 0 Å². The molecule has 2 aromatic carbocycles. The number of hydrogen-bond acceptors (Lipinski definition) is 6. The summed E-state index contributed by atoms with van der Waals surface area (Å²) in [6, 6.07) is 15.9. The Morgan fingerprint density at radius 2 is 1.83 bits per heavy atom. The minimum absolute atomic E-state index is 0.0196. The summed E-state index contributed by atoms with van der Waals surface area (Å²) in [5, 5.41) is 24.8. The molecule has 1 amide bonds. The number of carbonyl (C=O) groups excluding carboxylic acids is 1. The normalized spacial score (nSPS) is 12.8. The minimum atomic E-state index is -0.470. The van der Waals surface area contributed by atoms with E-state index >= 15 is 0 Å². The van der Waals surface area contributed by atoms with Gasteiger partial charge in [0, 0.05) is 23.4 Å². The van der Waals surface area contributed by atoms with Crippen LogP contribution in [0.15, 0.2) is 60.8 Å². The van der Waals surface area contributed by atoms with Crippen LogP contribution >= 0.6 is 0 Å². The van der Waals surface area contributed by atoms with Crippen molar-refractivity contribution in [2.45, 2.75) is 25.9 Å². The molecule has 0 fully saturated rings. The topological polar surface area (TPSA) is 107 Å². The smallest absolute Gasteiger partial charge is 0.251 e. The van der Waals surface area contributed by atoms with E-state index in [1.807, 2.05) is 50.2 Å². The third-order valence-electron chi connectivity index (χ3n) is 4.76. The molecule has 0 spiro atoms. The van der Waals surface area contributed by atoms with E-state index in [4.69, 9.17) is 0 Å². The molecular formula is C23H26N4O3. The van der Waals surface area contributed by atoms with Crippen LogP contribution in [0.2, 0.25) is 0 Å². The fourth-order valence-electron chi connectivity index (χ4n) is 3.10. The third-order valence-corrected chi connectivity index (χ3v) is 4.76. The molecule has 0 bridgehead atoms. The number of amides is 1. The van der Waals surface area contributed by atoms with E-state index in [9.17, 15) is 15.0 Å². The summed E-state index contributed by atoms with van der Waals surface area (Å²) in [6.07, 6.45) is 1.65. The molecule has 0 saturated carbocycles. The van der Waals surface area contributed by atoms with Crippen LogP contribution < -0.4 is 10.6 Å². The van der Waals surface area contributed by atoms with E-state index in [0.717, 1.165) is 22.4 Å². The van der Waals surface area contributed by atoms with Gasteiger partial charge in [0.15, 0.2) is 0 Å². The second-order valence-corrected chi connectivity index (χ2v) is 7.14. The number of rotatable bonds is 8. The molecule has 7 nitrogen and oxygen atoms in total. The molecule has 7 heteroatoms. The maximum atomic E-state index is 12.7. The van der Waals surface area contributed by atoms with E-state index in [1.165, 1.54) is 0 Å². The molecule has 1 heterocycles. The van der Waals surface area contributed by atoms with Gasteiger partial charge in [-0.05, 0) is 43.2 Å². The largest absolute Gasteiger partial charge is 0.394 e. The van der Waals surface area contributed by atoms with Gasteiger partial charge in [-0.25, -0.2) is 9.97 Å². The summed E-state index contributed by atoms with van der Waals surface area (Å²) >= 11 is 0. The van der Waals surface area contributed by atoms with Gasteiger partial charge in [0.1, 0.15) is 0 Å². The van der Waals surface area contributed by atoms with Gasteiger partial charge < -0.3 is 20.8 Å². The van der Waals surface area contributed by atoms with E-state index in [1.54, 1.807) is 24.4 Å². The number of benzene rings is 2. The SMILES string of the molecule is Cc1cc(C(=O)N[C@H](CO)c2ccccc2)ccc1-c1ccnc(N[C@@H](C)CO)n1. The van der Waals surface area contributed by atoms with Crippen molar-refractivity contribution in [1.82, 2.24) is 15.3 Å². The summed E-state index contributed by atoms with van der Waals surface area (Å²) in [5.74, 6) is 0.179. The van der Waals surface area contributed by atoms with Gasteiger partial charge in [-0.2, -0.15) is 0 Å². The first-order chi connectivity index (χ1) is 14.5. The zero-order valence-electron chi connectivity index (χ0n) is 17.0. The standard InChI is InChI=1S/C23H26N4O3/c1-15-12-18(22(30)26-21(14-29)17-6-4-3-5-7-17)8-9-19(15)20-10-11-24-23(27-20)25-16(2)13-28/h3-12,16,21,28-29H,13-14H2,1-2H3,(H,26,30)(H,24,25,27)/t16-,21+/m0/s1. The maximum Gasteiger partial charge on any atom is 0.251 e. The van der Waals surface area contributed by atoms with Gasteiger partial charge in [-0.3, -0.25) is 4.79 Å². The number of nitrogens with zero attached hydrogens (tertiary/aromatic N) is 2. The average Bonchev–Trinajstić information content (AvgIpc) is 2.77. The molecule has 4 N–H and O–H groups in total. The predicted molar refractivity (Wildman–Crippen MR) is 116 cm³/mol. The molecule has 0 saturated heterocycles. The van der Waals surface area contributed by atoms with Crippen molar-refractivity contribution in [3.63, 3.8) is 0 Å². The summed E-state index contributed by atoms with van der Waals surface area (Å²) < 4.78 is 0. The average molecular weight is 406 g/mol.